The van der Waals surface area contributed by atoms with E-state index >= 15 is 0 Å². The summed E-state index contributed by atoms with van der Waals surface area (Å²) in [6.07, 6.45) is 0.0801. The van der Waals surface area contributed by atoms with Gasteiger partial charge in [-0.1, -0.05) is 26.2 Å². The Balaban J connectivity index is 2.05. The van der Waals surface area contributed by atoms with Crippen LogP contribution in [0.4, 0.5) is 18.9 Å². The number of rotatable bonds is 5. The molecule has 1 unspecified atom stereocenters. The second-order valence-corrected chi connectivity index (χ2v) is 8.26. The van der Waals surface area contributed by atoms with Gasteiger partial charge in [0.25, 0.3) is 0 Å². The molecule has 5 nitrogen and oxygen atoms in total. The number of hydrogen-bond acceptors (Lipinski definition) is 4. The monoisotopic (exact) mass is 439 g/mol. The molecular formula is C23H28F3NO4. The molecule has 0 radical (unpaired) electrons. The maximum atomic E-state index is 13.7. The van der Waals surface area contributed by atoms with Crippen molar-refractivity contribution in [1.29, 1.82) is 0 Å². The Kier molecular flexibility index (Phi) is 7.06. The molecule has 1 heterocycles. The van der Waals surface area contributed by atoms with Crippen molar-refractivity contribution >= 4 is 23.3 Å². The predicted octanol–water partition coefficient (Wildman–Crippen LogP) is 5.16. The molecule has 1 aliphatic heterocycles. The molecule has 3 rings (SSSR count). The summed E-state index contributed by atoms with van der Waals surface area (Å²) >= 11 is 0. The van der Waals surface area contributed by atoms with Crippen molar-refractivity contribution in [2.24, 2.45) is 11.8 Å². The Hall–Kier alpha value is -2.38. The highest BCUT2D eigenvalue weighted by molar-refractivity contribution is 6.13. The van der Waals surface area contributed by atoms with Gasteiger partial charge < -0.3 is 9.64 Å². The summed E-state index contributed by atoms with van der Waals surface area (Å²) in [5.41, 5.74) is -0.915. The Bertz CT molecular complexity index is 846. The third kappa shape index (κ3) is 4.77. The smallest absolute Gasteiger partial charge is 0.416 e. The van der Waals surface area contributed by atoms with Crippen LogP contribution in [0.2, 0.25) is 0 Å². The summed E-state index contributed by atoms with van der Waals surface area (Å²) in [5, 5.41) is 0. The number of fused-ring (bicyclic) bond motifs is 1. The van der Waals surface area contributed by atoms with E-state index < -0.39 is 41.4 Å². The number of nitrogens with zero attached hydrogens (tertiary/aromatic N) is 1. The number of ketones is 1. The predicted molar refractivity (Wildman–Crippen MR) is 109 cm³/mol. The molecule has 1 aromatic carbocycles. The summed E-state index contributed by atoms with van der Waals surface area (Å²) < 4.78 is 44.8. The summed E-state index contributed by atoms with van der Waals surface area (Å²) in [7, 11) is 0. The summed E-state index contributed by atoms with van der Waals surface area (Å²) in [5.74, 6) is -2.70. The van der Waals surface area contributed by atoms with Crippen molar-refractivity contribution in [3.63, 3.8) is 0 Å². The number of Topliss-reactive ketones (excluding diaryl/α,β-unsaturated/α-hetero) is 1. The van der Waals surface area contributed by atoms with Crippen molar-refractivity contribution < 1.29 is 32.3 Å². The Morgan fingerprint density at radius 2 is 1.84 bits per heavy atom. The average Bonchev–Trinajstić information content (AvgIpc) is 2.73. The SMILES string of the molecule is CCOC(=O)[C@@H](C(=O)N1c2ccc(C(F)(F)F)cc2C(=O)CC1CC)C1CCCCC1. The maximum absolute atomic E-state index is 13.7. The van der Waals surface area contributed by atoms with Crippen molar-refractivity contribution in [3.05, 3.63) is 29.3 Å². The Morgan fingerprint density at radius 1 is 1.16 bits per heavy atom. The van der Waals surface area contributed by atoms with E-state index in [2.05, 4.69) is 0 Å². The van der Waals surface area contributed by atoms with Crippen molar-refractivity contribution in [2.45, 2.75) is 71.0 Å². The lowest BCUT2D eigenvalue weighted by atomic mass is 9.78. The van der Waals surface area contributed by atoms with Gasteiger partial charge in [0, 0.05) is 18.0 Å². The van der Waals surface area contributed by atoms with Crippen LogP contribution in [-0.2, 0) is 20.5 Å². The van der Waals surface area contributed by atoms with E-state index in [0.29, 0.717) is 6.42 Å². The second-order valence-electron chi connectivity index (χ2n) is 8.26. The second kappa shape index (κ2) is 9.40. The lowest BCUT2D eigenvalue weighted by Crippen LogP contribution is -2.51. The van der Waals surface area contributed by atoms with E-state index in [9.17, 15) is 27.6 Å². The number of anilines is 1. The molecule has 1 fully saturated rings. The van der Waals surface area contributed by atoms with Crippen LogP contribution in [0, 0.1) is 11.8 Å². The third-order valence-electron chi connectivity index (χ3n) is 6.31. The zero-order valence-corrected chi connectivity index (χ0v) is 17.8. The molecule has 31 heavy (non-hydrogen) atoms. The number of carbonyl (C=O) groups excluding carboxylic acids is 3. The molecule has 170 valence electrons. The van der Waals surface area contributed by atoms with Gasteiger partial charge in [-0.15, -0.1) is 0 Å². The van der Waals surface area contributed by atoms with Gasteiger partial charge in [-0.05, 0) is 50.3 Å². The van der Waals surface area contributed by atoms with E-state index in [1.165, 1.54) is 11.0 Å². The Morgan fingerprint density at radius 3 is 2.42 bits per heavy atom. The van der Waals surface area contributed by atoms with E-state index in [1.54, 1.807) is 6.92 Å². The lowest BCUT2D eigenvalue weighted by Gasteiger charge is -2.39. The first-order valence-corrected chi connectivity index (χ1v) is 10.9. The first kappa shape index (κ1) is 23.3. The van der Waals surface area contributed by atoms with E-state index in [4.69, 9.17) is 4.74 Å². The average molecular weight is 439 g/mol. The highest BCUT2D eigenvalue weighted by Crippen LogP contribution is 2.40. The molecule has 2 atom stereocenters. The summed E-state index contributed by atoms with van der Waals surface area (Å²) in [6.45, 7) is 3.62. The number of carbonyl (C=O) groups is 3. The minimum atomic E-state index is -4.60. The summed E-state index contributed by atoms with van der Waals surface area (Å²) in [4.78, 5) is 40.5. The largest absolute Gasteiger partial charge is 0.465 e. The van der Waals surface area contributed by atoms with Gasteiger partial charge in [0.15, 0.2) is 5.78 Å². The molecule has 0 spiro atoms. The lowest BCUT2D eigenvalue weighted by molar-refractivity contribution is -0.154. The first-order valence-electron chi connectivity index (χ1n) is 10.9. The fraction of sp³-hybridized carbons (Fsp3) is 0.609. The highest BCUT2D eigenvalue weighted by atomic mass is 19.4. The molecule has 0 saturated heterocycles. The van der Waals surface area contributed by atoms with Gasteiger partial charge in [-0.2, -0.15) is 13.2 Å². The van der Waals surface area contributed by atoms with Gasteiger partial charge in [0.2, 0.25) is 5.91 Å². The van der Waals surface area contributed by atoms with E-state index in [0.717, 1.165) is 44.2 Å². The molecule has 2 aliphatic rings. The number of alkyl halides is 3. The number of benzene rings is 1. The number of esters is 1. The molecule has 1 aliphatic carbocycles. The molecule has 1 aromatic rings. The van der Waals surface area contributed by atoms with Crippen LogP contribution in [-0.4, -0.2) is 30.3 Å². The van der Waals surface area contributed by atoms with Gasteiger partial charge in [-0.3, -0.25) is 14.4 Å². The van der Waals surface area contributed by atoms with Crippen LogP contribution in [0.3, 0.4) is 0 Å². The molecule has 0 bridgehead atoms. The summed E-state index contributed by atoms with van der Waals surface area (Å²) in [6, 6.07) is 2.36. The molecule has 0 N–H and O–H groups in total. The van der Waals surface area contributed by atoms with E-state index in [-0.39, 0.29) is 30.2 Å². The van der Waals surface area contributed by atoms with Crippen LogP contribution in [0.1, 0.15) is 74.7 Å². The Labute approximate surface area is 179 Å². The van der Waals surface area contributed by atoms with E-state index in [1.807, 2.05) is 6.92 Å². The zero-order valence-electron chi connectivity index (χ0n) is 17.8. The fourth-order valence-corrected chi connectivity index (χ4v) is 4.73. The number of halogens is 3. The molecular weight excluding hydrogens is 411 g/mol. The van der Waals surface area contributed by atoms with Crippen LogP contribution < -0.4 is 4.90 Å². The molecule has 8 heteroatoms. The number of ether oxygens (including phenoxy) is 1. The minimum absolute atomic E-state index is 0.0727. The number of amides is 1. The fourth-order valence-electron chi connectivity index (χ4n) is 4.73. The zero-order chi connectivity index (χ0) is 22.8. The molecule has 1 saturated carbocycles. The first-order chi connectivity index (χ1) is 14.7. The topological polar surface area (TPSA) is 63.7 Å². The highest BCUT2D eigenvalue weighted by Gasteiger charge is 2.44. The van der Waals surface area contributed by atoms with Crippen molar-refractivity contribution in [1.82, 2.24) is 0 Å². The van der Waals surface area contributed by atoms with Crippen molar-refractivity contribution in [3.8, 4) is 0 Å². The van der Waals surface area contributed by atoms with Gasteiger partial charge in [-0.25, -0.2) is 0 Å². The molecule has 0 aromatic heterocycles. The van der Waals surface area contributed by atoms with Crippen molar-refractivity contribution in [2.75, 3.05) is 11.5 Å². The van der Waals surface area contributed by atoms with Crippen LogP contribution in [0.25, 0.3) is 0 Å². The number of hydrogen-bond donors (Lipinski definition) is 0. The third-order valence-corrected chi connectivity index (χ3v) is 6.31. The van der Waals surface area contributed by atoms with Gasteiger partial charge >= 0.3 is 12.1 Å². The normalized spacial score (nSPS) is 20.9. The molecule has 1 amide bonds. The van der Waals surface area contributed by atoms with Gasteiger partial charge in [0.1, 0.15) is 5.92 Å². The quantitative estimate of drug-likeness (QED) is 0.469. The minimum Gasteiger partial charge on any atom is -0.465 e. The van der Waals surface area contributed by atoms with Gasteiger partial charge in [0.05, 0.1) is 17.9 Å². The van der Waals surface area contributed by atoms with Crippen LogP contribution in [0.5, 0.6) is 0 Å². The van der Waals surface area contributed by atoms with Crippen LogP contribution >= 0.6 is 0 Å². The maximum Gasteiger partial charge on any atom is 0.416 e. The standard InChI is InChI=1S/C23H28F3NO4/c1-3-16-13-19(28)17-12-15(23(24,25)26)10-11-18(17)27(16)21(29)20(22(30)31-4-2)14-8-6-5-7-9-14/h10-12,14,16,20H,3-9,13H2,1-2H3/t16?,20-/m1/s1. The van der Waals surface area contributed by atoms with Crippen LogP contribution in [0.15, 0.2) is 18.2 Å².